The molecule has 1 saturated heterocycles. The van der Waals surface area contributed by atoms with Crippen molar-refractivity contribution in [1.29, 1.82) is 0 Å². The molecule has 1 fully saturated rings. The number of sulfonamides is 1. The van der Waals surface area contributed by atoms with Crippen LogP contribution in [0, 0.1) is 10.1 Å². The van der Waals surface area contributed by atoms with Gasteiger partial charge >= 0.3 is 0 Å². The van der Waals surface area contributed by atoms with Crippen LogP contribution in [0.5, 0.6) is 0 Å². The predicted octanol–water partition coefficient (Wildman–Crippen LogP) is 6.06. The molecule has 1 aliphatic rings. The van der Waals surface area contributed by atoms with Gasteiger partial charge < -0.3 is 4.98 Å². The Labute approximate surface area is 273 Å². The zero-order chi connectivity index (χ0) is 32.4. The molecule has 0 saturated carbocycles. The van der Waals surface area contributed by atoms with Crippen LogP contribution in [0.4, 0.5) is 5.69 Å². The van der Waals surface area contributed by atoms with Gasteiger partial charge in [0.05, 0.1) is 14.7 Å². The van der Waals surface area contributed by atoms with Crippen molar-refractivity contribution in [2.24, 2.45) is 0 Å². The number of aromatic amines is 1. The molecule has 0 unspecified atom stereocenters. The summed E-state index contributed by atoms with van der Waals surface area (Å²) in [6, 6.07) is 27.2. The summed E-state index contributed by atoms with van der Waals surface area (Å²) < 4.78 is 28.5. The van der Waals surface area contributed by atoms with Crippen LogP contribution in [0.1, 0.15) is 11.1 Å². The number of carbonyl (C=O) groups is 2. The second-order valence-corrected chi connectivity index (χ2v) is 13.7. The number of nitro groups is 1. The van der Waals surface area contributed by atoms with Crippen molar-refractivity contribution in [2.75, 3.05) is 0 Å². The van der Waals surface area contributed by atoms with Gasteiger partial charge in [0.2, 0.25) is 0 Å². The smallest absolute Gasteiger partial charge is 0.269 e. The Hall–Kier alpha value is -5.11. The number of para-hydroxylation sites is 1. The van der Waals surface area contributed by atoms with Crippen molar-refractivity contribution in [3.63, 3.8) is 0 Å². The summed E-state index contributed by atoms with van der Waals surface area (Å²) in [4.78, 5) is 42.6. The third-order valence-corrected chi connectivity index (χ3v) is 10.1. The van der Waals surface area contributed by atoms with Crippen molar-refractivity contribution in [2.45, 2.75) is 17.4 Å². The second-order valence-electron chi connectivity index (χ2n) is 10.3. The number of hydrogen-bond donors (Lipinski definition) is 2. The van der Waals surface area contributed by atoms with Crippen molar-refractivity contribution < 1.29 is 22.9 Å². The Morgan fingerprint density at radius 3 is 2.26 bits per heavy atom. The molecule has 4 aromatic carbocycles. The van der Waals surface area contributed by atoms with Crippen LogP contribution < -0.4 is 4.72 Å². The second kappa shape index (κ2) is 12.7. The van der Waals surface area contributed by atoms with E-state index in [0.717, 1.165) is 33.8 Å². The third-order valence-electron chi connectivity index (χ3n) is 7.43. The number of aromatic nitrogens is 1. The summed E-state index contributed by atoms with van der Waals surface area (Å²) in [5.41, 5.74) is 3.85. The maximum Gasteiger partial charge on any atom is 0.269 e. The molecule has 0 spiro atoms. The van der Waals surface area contributed by atoms with Crippen molar-refractivity contribution >= 4 is 72.8 Å². The fraction of sp³-hybridized carbons (Fsp3) is 0.0606. The first-order valence-corrected chi connectivity index (χ1v) is 16.6. The molecule has 5 aromatic rings. The Kier molecular flexibility index (Phi) is 8.54. The monoisotopic (exact) mass is 668 g/mol. The highest BCUT2D eigenvalue weighted by molar-refractivity contribution is 8.26. The van der Waals surface area contributed by atoms with Crippen molar-refractivity contribution in [3.05, 3.63) is 135 Å². The maximum atomic E-state index is 13.8. The lowest BCUT2D eigenvalue weighted by Gasteiger charge is -2.26. The molecule has 1 atom stereocenters. The summed E-state index contributed by atoms with van der Waals surface area (Å²) in [7, 11) is -4.23. The number of thioether (sulfide) groups is 1. The third kappa shape index (κ3) is 6.33. The molecule has 46 heavy (non-hydrogen) atoms. The number of hydrogen-bond acceptors (Lipinski definition) is 8. The van der Waals surface area contributed by atoms with E-state index in [9.17, 15) is 28.1 Å². The van der Waals surface area contributed by atoms with Crippen LogP contribution in [0.3, 0.4) is 0 Å². The fourth-order valence-corrected chi connectivity index (χ4v) is 7.51. The van der Waals surface area contributed by atoms with E-state index in [1.54, 1.807) is 54.7 Å². The first kappa shape index (κ1) is 30.9. The van der Waals surface area contributed by atoms with Gasteiger partial charge in [-0.1, -0.05) is 84.6 Å². The first-order chi connectivity index (χ1) is 22.1. The van der Waals surface area contributed by atoms with Gasteiger partial charge in [-0.05, 0) is 58.7 Å². The van der Waals surface area contributed by atoms with Gasteiger partial charge in [-0.25, -0.2) is 13.1 Å². The molecule has 230 valence electrons. The highest BCUT2D eigenvalue weighted by atomic mass is 32.2. The van der Waals surface area contributed by atoms with Crippen molar-refractivity contribution in [3.8, 4) is 11.1 Å². The van der Waals surface area contributed by atoms with E-state index in [4.69, 9.17) is 12.2 Å². The number of nitro benzene ring substituents is 1. The summed E-state index contributed by atoms with van der Waals surface area (Å²) in [6.45, 7) is 0. The largest absolute Gasteiger partial charge is 0.361 e. The minimum Gasteiger partial charge on any atom is -0.361 e. The van der Waals surface area contributed by atoms with Crippen LogP contribution in [-0.4, -0.2) is 45.4 Å². The number of nitrogens with one attached hydrogen (secondary N) is 2. The summed E-state index contributed by atoms with van der Waals surface area (Å²) >= 11 is 6.61. The van der Waals surface area contributed by atoms with Crippen LogP contribution in [0.2, 0.25) is 0 Å². The molecule has 2 N–H and O–H groups in total. The number of thiocarbonyl (C=S) groups is 1. The molecule has 2 amide bonds. The van der Waals surface area contributed by atoms with Gasteiger partial charge in [-0.15, -0.1) is 0 Å². The average Bonchev–Trinajstić information content (AvgIpc) is 3.59. The molecule has 6 rings (SSSR count). The molecule has 0 aliphatic carbocycles. The molecule has 1 aromatic heterocycles. The van der Waals surface area contributed by atoms with E-state index in [1.807, 2.05) is 36.4 Å². The lowest BCUT2D eigenvalue weighted by Crippen LogP contribution is -2.51. The summed E-state index contributed by atoms with van der Waals surface area (Å²) in [5, 5.41) is 11.8. The number of H-pyrrole nitrogens is 1. The molecular weight excluding hydrogens is 645 g/mol. The average molecular weight is 669 g/mol. The minimum absolute atomic E-state index is 0.00302. The van der Waals surface area contributed by atoms with Gasteiger partial charge in [-0.3, -0.25) is 24.6 Å². The maximum absolute atomic E-state index is 13.8. The number of rotatable bonds is 9. The Morgan fingerprint density at radius 1 is 0.957 bits per heavy atom. The standard InChI is InChI=1S/C33H24N4O6S3/c38-31(35-46(42,43)26-6-2-1-3-7-26)29(19-24-20-34-28-9-5-4-8-27(24)28)36-32(39)30(45-33(36)44)18-21-10-12-22(13-11-21)23-14-16-25(17-15-23)37(40)41/h1-18,20,29,34H,19H2,(H,35,38)/b30-18-/t29-/m0/s1. The van der Waals surface area contributed by atoms with E-state index in [2.05, 4.69) is 9.71 Å². The highest BCUT2D eigenvalue weighted by Gasteiger charge is 2.41. The first-order valence-electron chi connectivity index (χ1n) is 13.9. The van der Waals surface area contributed by atoms with Gasteiger partial charge in [0.1, 0.15) is 10.4 Å². The van der Waals surface area contributed by atoms with Crippen molar-refractivity contribution in [1.82, 2.24) is 14.6 Å². The van der Waals surface area contributed by atoms with Crippen LogP contribution in [0.25, 0.3) is 28.1 Å². The van der Waals surface area contributed by atoms with Crippen LogP contribution in [-0.2, 0) is 26.0 Å². The lowest BCUT2D eigenvalue weighted by molar-refractivity contribution is -0.384. The molecular formula is C33H24N4O6S3. The van der Waals surface area contributed by atoms with E-state index >= 15 is 0 Å². The predicted molar refractivity (Wildman–Crippen MR) is 181 cm³/mol. The normalized spacial score (nSPS) is 15.0. The number of amides is 2. The fourth-order valence-electron chi connectivity index (χ4n) is 5.12. The van der Waals surface area contributed by atoms with Gasteiger partial charge in [0.25, 0.3) is 27.5 Å². The number of carbonyl (C=O) groups excluding carboxylic acids is 2. The van der Waals surface area contributed by atoms with Crippen LogP contribution in [0.15, 0.2) is 119 Å². The Balaban J connectivity index is 1.28. The molecule has 2 heterocycles. The van der Waals surface area contributed by atoms with Gasteiger partial charge in [-0.2, -0.15) is 0 Å². The molecule has 0 bridgehead atoms. The topological polar surface area (TPSA) is 142 Å². The molecule has 10 nitrogen and oxygen atoms in total. The van der Waals surface area contributed by atoms with E-state index in [1.165, 1.54) is 29.2 Å². The van der Waals surface area contributed by atoms with E-state index in [0.29, 0.717) is 11.1 Å². The summed E-state index contributed by atoms with van der Waals surface area (Å²) in [6.07, 6.45) is 3.39. The number of non-ortho nitro benzene ring substituents is 1. The zero-order valence-electron chi connectivity index (χ0n) is 23.8. The number of nitrogens with zero attached hydrogens (tertiary/aromatic N) is 2. The van der Waals surface area contributed by atoms with Gasteiger partial charge in [0, 0.05) is 35.7 Å². The van der Waals surface area contributed by atoms with E-state index < -0.39 is 32.8 Å². The Morgan fingerprint density at radius 2 is 1.59 bits per heavy atom. The molecule has 13 heteroatoms. The zero-order valence-corrected chi connectivity index (χ0v) is 26.3. The molecule has 1 aliphatic heterocycles. The lowest BCUT2D eigenvalue weighted by atomic mass is 10.0. The highest BCUT2D eigenvalue weighted by Crippen LogP contribution is 2.36. The number of fused-ring (bicyclic) bond motifs is 1. The SMILES string of the molecule is O=C(NS(=O)(=O)c1ccccc1)[C@H](Cc1c[nH]c2ccccc12)N1C(=O)/C(=C/c2ccc(-c3ccc([N+](=O)[O-])cc3)cc2)SC1=S. The molecule has 0 radical (unpaired) electrons. The van der Waals surface area contributed by atoms with Gasteiger partial charge in [0.15, 0.2) is 0 Å². The minimum atomic E-state index is -4.23. The van der Waals surface area contributed by atoms with E-state index in [-0.39, 0.29) is 26.2 Å². The van der Waals surface area contributed by atoms with Crippen LogP contribution >= 0.6 is 24.0 Å². The summed E-state index contributed by atoms with van der Waals surface area (Å²) in [5.74, 6) is -1.41. The number of benzene rings is 4. The Bertz CT molecular complexity index is 2130. The quantitative estimate of drug-likeness (QED) is 0.0836.